The molecule has 1 fully saturated rings. The number of alkyl halides is 1. The van der Waals surface area contributed by atoms with Crippen molar-refractivity contribution in [3.8, 4) is 0 Å². The summed E-state index contributed by atoms with van der Waals surface area (Å²) in [6.07, 6.45) is 20.0. The summed E-state index contributed by atoms with van der Waals surface area (Å²) in [6.45, 7) is 2.27. The summed E-state index contributed by atoms with van der Waals surface area (Å²) in [6, 6.07) is 0.0658. The Balaban J connectivity index is 1.88. The number of allylic oxidation sites excluding steroid dienone is 1. The van der Waals surface area contributed by atoms with Crippen molar-refractivity contribution in [1.29, 1.82) is 0 Å². The Morgan fingerprint density at radius 1 is 1.00 bits per heavy atom. The Hall–Kier alpha value is -0.510. The van der Waals surface area contributed by atoms with Crippen LogP contribution in [0.15, 0.2) is 12.2 Å². The molecule has 0 saturated carbocycles. The molecule has 0 aromatic heterocycles. The molecule has 1 amide bonds. The van der Waals surface area contributed by atoms with Gasteiger partial charge in [0.25, 0.3) is 0 Å². The number of hydrogen-bond donors (Lipinski definition) is 1. The number of carbonyl (C=O) groups is 1. The van der Waals surface area contributed by atoms with Gasteiger partial charge in [0.1, 0.15) is 6.10 Å². The van der Waals surface area contributed by atoms with E-state index < -0.39 is 0 Å². The molecule has 0 aromatic rings. The van der Waals surface area contributed by atoms with Crippen LogP contribution in [0.25, 0.3) is 0 Å². The Labute approximate surface area is 150 Å². The monoisotopic (exact) mass is 387 g/mol. The fourth-order valence-electron chi connectivity index (χ4n) is 2.93. The second-order valence-electron chi connectivity index (χ2n) is 6.53. The average molecular weight is 388 g/mol. The summed E-state index contributed by atoms with van der Waals surface area (Å²) in [5.74, 6) is 0. The first-order valence-corrected chi connectivity index (χ1v) is 10.6. The van der Waals surface area contributed by atoms with Crippen molar-refractivity contribution in [2.75, 3.05) is 5.33 Å². The predicted molar refractivity (Wildman–Crippen MR) is 101 cm³/mol. The van der Waals surface area contributed by atoms with Gasteiger partial charge in [0.2, 0.25) is 0 Å². The lowest BCUT2D eigenvalue weighted by Gasteiger charge is -2.09. The van der Waals surface area contributed by atoms with Gasteiger partial charge in [-0.05, 0) is 18.9 Å². The minimum absolute atomic E-state index is 0.0658. The highest BCUT2D eigenvalue weighted by Gasteiger charge is 2.30. The molecule has 0 unspecified atom stereocenters. The molecule has 1 aliphatic heterocycles. The zero-order valence-corrected chi connectivity index (χ0v) is 16.3. The summed E-state index contributed by atoms with van der Waals surface area (Å²) >= 11 is 3.40. The van der Waals surface area contributed by atoms with Crippen molar-refractivity contribution >= 4 is 22.0 Å². The van der Waals surface area contributed by atoms with E-state index in [0.29, 0.717) is 0 Å². The van der Waals surface area contributed by atoms with Crippen LogP contribution in [0.2, 0.25) is 0 Å². The molecule has 23 heavy (non-hydrogen) atoms. The fraction of sp³-hybridized carbons (Fsp3) is 0.842. The second kappa shape index (κ2) is 13.9. The van der Waals surface area contributed by atoms with Gasteiger partial charge in [-0.1, -0.05) is 93.1 Å². The van der Waals surface area contributed by atoms with Gasteiger partial charge in [0.15, 0.2) is 0 Å². The number of hydrogen-bond acceptors (Lipinski definition) is 2. The Morgan fingerprint density at radius 2 is 1.57 bits per heavy atom. The molecule has 1 N–H and O–H groups in total. The van der Waals surface area contributed by atoms with E-state index in [1.54, 1.807) is 0 Å². The van der Waals surface area contributed by atoms with E-state index in [1.165, 1.54) is 70.6 Å². The Kier molecular flexibility index (Phi) is 12.4. The smallest absolute Gasteiger partial charge is 0.408 e. The quantitative estimate of drug-likeness (QED) is 0.221. The zero-order valence-electron chi connectivity index (χ0n) is 14.7. The molecule has 3 nitrogen and oxygen atoms in total. The molecule has 134 valence electrons. The first-order valence-electron chi connectivity index (χ1n) is 9.47. The van der Waals surface area contributed by atoms with Crippen LogP contribution in [-0.2, 0) is 4.74 Å². The molecule has 0 aliphatic carbocycles. The molecule has 4 heteroatoms. The average Bonchev–Trinajstić information content (AvgIpc) is 2.91. The molecular weight excluding hydrogens is 354 g/mol. The number of alkyl carbamates (subject to hydrolysis) is 1. The Bertz CT molecular complexity index is 333. The molecular formula is C19H34BrNO2. The van der Waals surface area contributed by atoms with Crippen LogP contribution in [0, 0.1) is 0 Å². The summed E-state index contributed by atoms with van der Waals surface area (Å²) in [5.41, 5.74) is 0. The lowest BCUT2D eigenvalue weighted by molar-refractivity contribution is 0.154. The number of amides is 1. The standard InChI is InChI=1S/C19H34BrNO2/c1-2-3-4-5-6-7-8-9-10-11-12-13-14-15-18-17(16-20)21-19(22)23-18/h14-15,17-18H,2-13,16H2,1H3,(H,21,22)/b15-14+/t17-,18+/m0/s1. The third kappa shape index (κ3) is 10.1. The van der Waals surface area contributed by atoms with Crippen molar-refractivity contribution in [1.82, 2.24) is 5.32 Å². The Morgan fingerprint density at radius 3 is 2.13 bits per heavy atom. The highest BCUT2D eigenvalue weighted by molar-refractivity contribution is 9.09. The minimum Gasteiger partial charge on any atom is -0.440 e. The van der Waals surface area contributed by atoms with Crippen molar-refractivity contribution in [3.05, 3.63) is 12.2 Å². The van der Waals surface area contributed by atoms with E-state index in [0.717, 1.165) is 11.8 Å². The summed E-state index contributed by atoms with van der Waals surface area (Å²) in [5, 5.41) is 3.52. The van der Waals surface area contributed by atoms with Gasteiger partial charge in [-0.2, -0.15) is 0 Å². The van der Waals surface area contributed by atoms with E-state index in [-0.39, 0.29) is 18.2 Å². The molecule has 0 aromatic carbocycles. The molecule has 1 heterocycles. The fourth-order valence-corrected chi connectivity index (χ4v) is 3.46. The molecule has 0 radical (unpaired) electrons. The molecule has 2 atom stereocenters. The van der Waals surface area contributed by atoms with Gasteiger partial charge in [-0.25, -0.2) is 4.79 Å². The maximum Gasteiger partial charge on any atom is 0.408 e. The molecule has 1 saturated heterocycles. The SMILES string of the molecule is CCCCCCCCCCCCC/C=C/[C@H]1OC(=O)N[C@H]1CBr. The number of rotatable bonds is 14. The van der Waals surface area contributed by atoms with E-state index in [2.05, 4.69) is 34.2 Å². The maximum absolute atomic E-state index is 11.2. The van der Waals surface area contributed by atoms with Crippen LogP contribution in [0.1, 0.15) is 84.0 Å². The zero-order chi connectivity index (χ0) is 16.8. The lowest BCUT2D eigenvalue weighted by Crippen LogP contribution is -2.31. The van der Waals surface area contributed by atoms with Gasteiger partial charge >= 0.3 is 6.09 Å². The van der Waals surface area contributed by atoms with Crippen molar-refractivity contribution in [3.63, 3.8) is 0 Å². The van der Waals surface area contributed by atoms with Crippen LogP contribution >= 0.6 is 15.9 Å². The van der Waals surface area contributed by atoms with Gasteiger partial charge < -0.3 is 10.1 Å². The third-order valence-electron chi connectivity index (χ3n) is 4.41. The van der Waals surface area contributed by atoms with Crippen LogP contribution < -0.4 is 5.32 Å². The maximum atomic E-state index is 11.2. The summed E-state index contributed by atoms with van der Waals surface area (Å²) < 4.78 is 5.21. The van der Waals surface area contributed by atoms with Crippen molar-refractivity contribution in [2.45, 2.75) is 96.1 Å². The van der Waals surface area contributed by atoms with Gasteiger partial charge in [-0.3, -0.25) is 0 Å². The third-order valence-corrected chi connectivity index (χ3v) is 5.11. The number of ether oxygens (including phenoxy) is 1. The highest BCUT2D eigenvalue weighted by Crippen LogP contribution is 2.14. The molecule has 0 spiro atoms. The first-order chi connectivity index (χ1) is 11.3. The van der Waals surface area contributed by atoms with E-state index >= 15 is 0 Å². The van der Waals surface area contributed by atoms with Crippen LogP contribution in [-0.4, -0.2) is 23.6 Å². The van der Waals surface area contributed by atoms with Crippen molar-refractivity contribution in [2.24, 2.45) is 0 Å². The van der Waals surface area contributed by atoms with Crippen LogP contribution in [0.4, 0.5) is 4.79 Å². The largest absolute Gasteiger partial charge is 0.440 e. The van der Waals surface area contributed by atoms with E-state index in [9.17, 15) is 4.79 Å². The molecule has 0 bridgehead atoms. The lowest BCUT2D eigenvalue weighted by atomic mass is 10.0. The van der Waals surface area contributed by atoms with Gasteiger partial charge in [0.05, 0.1) is 6.04 Å². The number of cyclic esters (lactones) is 1. The number of nitrogens with one attached hydrogen (secondary N) is 1. The summed E-state index contributed by atoms with van der Waals surface area (Å²) in [7, 11) is 0. The number of carbonyl (C=O) groups excluding carboxylic acids is 1. The van der Waals surface area contributed by atoms with Gasteiger partial charge in [-0.15, -0.1) is 0 Å². The van der Waals surface area contributed by atoms with Crippen LogP contribution in [0.5, 0.6) is 0 Å². The van der Waals surface area contributed by atoms with Crippen molar-refractivity contribution < 1.29 is 9.53 Å². The first kappa shape index (κ1) is 20.5. The summed E-state index contributed by atoms with van der Waals surface area (Å²) in [4.78, 5) is 11.2. The predicted octanol–water partition coefficient (Wildman–Crippen LogP) is 6.12. The number of halogens is 1. The number of unbranched alkanes of at least 4 members (excludes halogenated alkanes) is 11. The second-order valence-corrected chi connectivity index (χ2v) is 7.17. The van der Waals surface area contributed by atoms with Crippen LogP contribution in [0.3, 0.4) is 0 Å². The van der Waals surface area contributed by atoms with E-state index in [1.807, 2.05) is 6.08 Å². The molecule has 1 rings (SSSR count). The van der Waals surface area contributed by atoms with E-state index in [4.69, 9.17) is 4.74 Å². The molecule has 1 aliphatic rings. The normalized spacial score (nSPS) is 20.9. The van der Waals surface area contributed by atoms with Gasteiger partial charge in [0, 0.05) is 5.33 Å². The minimum atomic E-state index is -0.307. The topological polar surface area (TPSA) is 38.3 Å². The highest BCUT2D eigenvalue weighted by atomic mass is 79.9.